The SMILES string of the molecule is CC(NC(=O)c1coc(Oc2cc(C(F)(F)F)cc(C(F)(F)F)c2)n1)c1cc(F)c(NS(C)(=O)=O)c(F)c1. The number of nitrogens with one attached hydrogen (secondary N) is 2. The summed E-state index contributed by atoms with van der Waals surface area (Å²) in [5.41, 5.74) is -4.91. The molecule has 2 aromatic carbocycles. The number of carbonyl (C=O) groups is 1. The number of rotatable bonds is 7. The number of carbonyl (C=O) groups excluding carboxylic acids is 1. The van der Waals surface area contributed by atoms with Gasteiger partial charge in [0.15, 0.2) is 17.3 Å². The van der Waals surface area contributed by atoms with Crippen LogP contribution in [0.15, 0.2) is 41.0 Å². The first kappa shape index (κ1) is 28.7. The van der Waals surface area contributed by atoms with Gasteiger partial charge in [0.1, 0.15) is 17.7 Å². The summed E-state index contributed by atoms with van der Waals surface area (Å²) in [6.07, 6.45) is -9.77. The molecule has 1 atom stereocenters. The molecule has 0 saturated carbocycles. The molecule has 0 aliphatic heterocycles. The Morgan fingerprint density at radius 2 is 1.50 bits per heavy atom. The lowest BCUT2D eigenvalue weighted by atomic mass is 10.1. The molecule has 0 saturated heterocycles. The van der Waals surface area contributed by atoms with Crippen molar-refractivity contribution >= 4 is 21.6 Å². The summed E-state index contributed by atoms with van der Waals surface area (Å²) >= 11 is 0. The summed E-state index contributed by atoms with van der Waals surface area (Å²) in [6.45, 7) is 1.30. The molecule has 0 fully saturated rings. The van der Waals surface area contributed by atoms with Gasteiger partial charge in [0.05, 0.1) is 23.4 Å². The van der Waals surface area contributed by atoms with Gasteiger partial charge in [0, 0.05) is 0 Å². The minimum Gasteiger partial charge on any atom is -0.416 e. The third-order valence-electron chi connectivity index (χ3n) is 4.68. The molecule has 8 nitrogen and oxygen atoms in total. The van der Waals surface area contributed by atoms with Gasteiger partial charge in [0.25, 0.3) is 5.91 Å². The molecule has 0 aliphatic carbocycles. The Kier molecular flexibility index (Phi) is 7.63. The number of aromatic nitrogens is 1. The number of benzene rings is 2. The fraction of sp³-hybridized carbons (Fsp3) is 0.238. The van der Waals surface area contributed by atoms with E-state index in [1.165, 1.54) is 6.92 Å². The number of nitrogens with zero attached hydrogens (tertiary/aromatic N) is 1. The highest BCUT2D eigenvalue weighted by Gasteiger charge is 2.37. The van der Waals surface area contributed by atoms with Crippen LogP contribution in [-0.4, -0.2) is 25.6 Å². The molecular formula is C21H15F8N3O5S. The first-order chi connectivity index (χ1) is 17.3. The number of alkyl halides is 6. The standard InChI is InChI=1S/C21H15F8N3O5S/c1-9(10-3-14(22)17(15(23)4-10)32-38(2,34)35)30-18(33)16-8-36-19(31-16)37-13-6-11(20(24,25)26)5-12(7-13)21(27,28)29/h3-9,32H,1-2H3,(H,30,33). The van der Waals surface area contributed by atoms with Crippen LogP contribution in [0.1, 0.15) is 40.1 Å². The van der Waals surface area contributed by atoms with Crippen LogP contribution in [0.3, 0.4) is 0 Å². The Balaban J connectivity index is 1.77. The lowest BCUT2D eigenvalue weighted by Crippen LogP contribution is -2.27. The number of hydrogen-bond acceptors (Lipinski definition) is 6. The number of ether oxygens (including phenoxy) is 1. The van der Waals surface area contributed by atoms with Crippen LogP contribution in [-0.2, 0) is 22.4 Å². The Bertz CT molecular complexity index is 1410. The zero-order chi connectivity index (χ0) is 28.6. The first-order valence-electron chi connectivity index (χ1n) is 10.0. The van der Waals surface area contributed by atoms with E-state index in [9.17, 15) is 48.3 Å². The zero-order valence-electron chi connectivity index (χ0n) is 19.0. The van der Waals surface area contributed by atoms with E-state index in [0.717, 1.165) is 12.1 Å². The molecule has 3 rings (SSSR count). The van der Waals surface area contributed by atoms with Crippen LogP contribution in [0, 0.1) is 11.6 Å². The highest BCUT2D eigenvalue weighted by Crippen LogP contribution is 2.39. The quantitative estimate of drug-likeness (QED) is 0.354. The summed E-state index contributed by atoms with van der Waals surface area (Å²) < 4.78 is 140. The van der Waals surface area contributed by atoms with Crippen molar-refractivity contribution in [2.24, 2.45) is 0 Å². The van der Waals surface area contributed by atoms with Gasteiger partial charge >= 0.3 is 18.4 Å². The second-order valence-corrected chi connectivity index (χ2v) is 9.52. The molecule has 206 valence electrons. The number of anilines is 1. The Morgan fingerprint density at radius 1 is 0.974 bits per heavy atom. The summed E-state index contributed by atoms with van der Waals surface area (Å²) in [7, 11) is -3.99. The summed E-state index contributed by atoms with van der Waals surface area (Å²) in [6, 6.07) is 0.852. The van der Waals surface area contributed by atoms with E-state index in [4.69, 9.17) is 9.15 Å². The Labute approximate surface area is 208 Å². The van der Waals surface area contributed by atoms with Crippen LogP contribution in [0.2, 0.25) is 0 Å². The van der Waals surface area contributed by atoms with Crippen LogP contribution in [0.4, 0.5) is 40.8 Å². The van der Waals surface area contributed by atoms with E-state index >= 15 is 0 Å². The van der Waals surface area contributed by atoms with Crippen molar-refractivity contribution in [3.8, 4) is 11.8 Å². The molecule has 38 heavy (non-hydrogen) atoms. The molecule has 0 bridgehead atoms. The largest absolute Gasteiger partial charge is 0.416 e. The molecule has 1 heterocycles. The minimum atomic E-state index is -5.13. The number of amides is 1. The average molecular weight is 573 g/mol. The van der Waals surface area contributed by atoms with Gasteiger partial charge in [-0.1, -0.05) is 0 Å². The lowest BCUT2D eigenvalue weighted by Gasteiger charge is -2.15. The fourth-order valence-corrected chi connectivity index (χ4v) is 3.54. The van der Waals surface area contributed by atoms with Crippen LogP contribution >= 0.6 is 0 Å². The van der Waals surface area contributed by atoms with Crippen LogP contribution in [0.25, 0.3) is 0 Å². The summed E-state index contributed by atoms with van der Waals surface area (Å²) in [5, 5.41) is 2.28. The van der Waals surface area contributed by atoms with Gasteiger partial charge in [-0.05, 0) is 42.8 Å². The van der Waals surface area contributed by atoms with Crippen molar-refractivity contribution in [3.63, 3.8) is 0 Å². The molecule has 3 aromatic rings. The zero-order valence-corrected chi connectivity index (χ0v) is 19.8. The molecule has 0 radical (unpaired) electrons. The molecule has 1 unspecified atom stereocenters. The summed E-state index contributed by atoms with van der Waals surface area (Å²) in [4.78, 5) is 16.0. The topological polar surface area (TPSA) is 111 Å². The molecule has 0 aliphatic rings. The van der Waals surface area contributed by atoms with Crippen molar-refractivity contribution in [2.75, 3.05) is 11.0 Å². The highest BCUT2D eigenvalue weighted by molar-refractivity contribution is 7.92. The molecule has 17 heteroatoms. The van der Waals surface area contributed by atoms with E-state index in [1.807, 2.05) is 0 Å². The molecule has 0 spiro atoms. The Morgan fingerprint density at radius 3 is 1.97 bits per heavy atom. The molecular weight excluding hydrogens is 558 g/mol. The van der Waals surface area contributed by atoms with Crippen molar-refractivity contribution in [2.45, 2.75) is 25.3 Å². The van der Waals surface area contributed by atoms with Crippen molar-refractivity contribution in [3.05, 3.63) is 70.6 Å². The lowest BCUT2D eigenvalue weighted by molar-refractivity contribution is -0.143. The smallest absolute Gasteiger partial charge is 0.416 e. The molecule has 1 amide bonds. The van der Waals surface area contributed by atoms with Crippen molar-refractivity contribution in [1.82, 2.24) is 10.3 Å². The van der Waals surface area contributed by atoms with Gasteiger partial charge < -0.3 is 14.5 Å². The number of halogens is 8. The van der Waals surface area contributed by atoms with E-state index in [-0.39, 0.29) is 23.8 Å². The predicted octanol–water partition coefficient (Wildman–Crippen LogP) is 5.65. The maximum absolute atomic E-state index is 14.2. The van der Waals surface area contributed by atoms with Crippen LogP contribution < -0.4 is 14.8 Å². The van der Waals surface area contributed by atoms with Crippen molar-refractivity contribution in [1.29, 1.82) is 0 Å². The predicted molar refractivity (Wildman–Crippen MR) is 114 cm³/mol. The fourth-order valence-electron chi connectivity index (χ4n) is 2.97. The molecule has 1 aromatic heterocycles. The van der Waals surface area contributed by atoms with Gasteiger partial charge in [-0.25, -0.2) is 17.2 Å². The third kappa shape index (κ3) is 7.11. The van der Waals surface area contributed by atoms with Gasteiger partial charge in [0.2, 0.25) is 10.0 Å². The maximum Gasteiger partial charge on any atom is 0.416 e. The van der Waals surface area contributed by atoms with E-state index < -0.39 is 80.3 Å². The third-order valence-corrected chi connectivity index (χ3v) is 5.26. The monoisotopic (exact) mass is 573 g/mol. The number of oxazole rings is 1. The normalized spacial score (nSPS) is 13.2. The highest BCUT2D eigenvalue weighted by atomic mass is 32.2. The molecule has 2 N–H and O–H groups in total. The van der Waals surface area contributed by atoms with E-state index in [2.05, 4.69) is 10.3 Å². The van der Waals surface area contributed by atoms with E-state index in [1.54, 1.807) is 4.72 Å². The van der Waals surface area contributed by atoms with Crippen LogP contribution in [0.5, 0.6) is 11.8 Å². The minimum absolute atomic E-state index is 0.113. The summed E-state index contributed by atoms with van der Waals surface area (Å²) in [5.74, 6) is -4.50. The first-order valence-corrected chi connectivity index (χ1v) is 11.9. The second kappa shape index (κ2) is 10.1. The van der Waals surface area contributed by atoms with Gasteiger partial charge in [-0.3, -0.25) is 9.52 Å². The second-order valence-electron chi connectivity index (χ2n) is 7.77. The number of sulfonamides is 1. The van der Waals surface area contributed by atoms with E-state index in [0.29, 0.717) is 12.5 Å². The van der Waals surface area contributed by atoms with Crippen molar-refractivity contribution < 1.29 is 57.5 Å². The Hall–Kier alpha value is -3.89. The van der Waals surface area contributed by atoms with Gasteiger partial charge in [-0.2, -0.15) is 31.3 Å². The van der Waals surface area contributed by atoms with Gasteiger partial charge in [-0.15, -0.1) is 0 Å². The average Bonchev–Trinajstić information content (AvgIpc) is 3.22. The maximum atomic E-state index is 14.2. The number of hydrogen-bond donors (Lipinski definition) is 2.